The Hall–Kier alpha value is -1.85. The first-order valence-electron chi connectivity index (χ1n) is 7.23. The van der Waals surface area contributed by atoms with Gasteiger partial charge in [0.1, 0.15) is 12.6 Å². The quantitative estimate of drug-likeness (QED) is 0.803. The zero-order valence-corrected chi connectivity index (χ0v) is 14.5. The van der Waals surface area contributed by atoms with E-state index in [1.165, 1.54) is 11.3 Å². The van der Waals surface area contributed by atoms with Gasteiger partial charge in [0.2, 0.25) is 0 Å². The zero-order valence-electron chi connectivity index (χ0n) is 12.9. The van der Waals surface area contributed by atoms with Crippen molar-refractivity contribution < 1.29 is 14.3 Å². The van der Waals surface area contributed by atoms with Crippen molar-refractivity contribution in [3.63, 3.8) is 0 Å². The van der Waals surface area contributed by atoms with Gasteiger partial charge in [-0.25, -0.2) is 4.79 Å². The molecule has 2 rings (SSSR count). The van der Waals surface area contributed by atoms with E-state index in [0.29, 0.717) is 9.90 Å². The number of amides is 1. The number of carbonyl (C=O) groups excluding carboxylic acids is 2. The molecule has 1 unspecified atom stereocenters. The molecule has 1 aromatic carbocycles. The number of hydrogen-bond donors (Lipinski definition) is 1. The highest BCUT2D eigenvalue weighted by Crippen LogP contribution is 2.17. The minimum Gasteiger partial charge on any atom is -0.459 e. The van der Waals surface area contributed by atoms with E-state index in [-0.39, 0.29) is 18.4 Å². The summed E-state index contributed by atoms with van der Waals surface area (Å²) in [6.07, 6.45) is 0. The molecule has 1 aromatic heterocycles. The Morgan fingerprint density at radius 2 is 1.96 bits per heavy atom. The van der Waals surface area contributed by atoms with Crippen molar-refractivity contribution in [1.82, 2.24) is 5.32 Å². The van der Waals surface area contributed by atoms with Crippen LogP contribution in [0.15, 0.2) is 41.8 Å². The average Bonchev–Trinajstić information content (AvgIpc) is 3.05. The summed E-state index contributed by atoms with van der Waals surface area (Å²) >= 11 is 7.37. The van der Waals surface area contributed by atoms with Crippen molar-refractivity contribution in [3.05, 3.63) is 57.2 Å². The van der Waals surface area contributed by atoms with Crippen LogP contribution in [0, 0.1) is 5.92 Å². The van der Waals surface area contributed by atoms with Gasteiger partial charge in [-0.2, -0.15) is 0 Å². The largest absolute Gasteiger partial charge is 0.459 e. The van der Waals surface area contributed by atoms with E-state index in [1.807, 2.05) is 31.4 Å². The molecule has 0 aliphatic carbocycles. The fraction of sp³-hybridized carbons (Fsp3) is 0.294. The highest BCUT2D eigenvalue weighted by Gasteiger charge is 2.26. The van der Waals surface area contributed by atoms with E-state index < -0.39 is 12.0 Å². The molecule has 1 amide bonds. The summed E-state index contributed by atoms with van der Waals surface area (Å²) in [5, 5.41) is 5.09. The summed E-state index contributed by atoms with van der Waals surface area (Å²) in [6, 6.07) is 9.98. The van der Waals surface area contributed by atoms with Crippen molar-refractivity contribution in [2.45, 2.75) is 26.5 Å². The topological polar surface area (TPSA) is 55.4 Å². The molecule has 0 aliphatic rings. The lowest BCUT2D eigenvalue weighted by molar-refractivity contribution is -0.148. The van der Waals surface area contributed by atoms with Crippen LogP contribution in [0.5, 0.6) is 0 Å². The minimum absolute atomic E-state index is 0.0800. The Kier molecular flexibility index (Phi) is 6.19. The summed E-state index contributed by atoms with van der Waals surface area (Å²) in [7, 11) is 0. The lowest BCUT2D eigenvalue weighted by atomic mass is 10.0. The standard InChI is InChI=1S/C17H18ClNO3S/c1-11(2)15(19-16(20)14-8-5-9-23-14)17(21)22-10-12-6-3-4-7-13(12)18/h3-9,11,15H,10H2,1-2H3,(H,19,20). The van der Waals surface area contributed by atoms with Crippen LogP contribution in [0.2, 0.25) is 5.02 Å². The second kappa shape index (κ2) is 8.13. The molecule has 4 nitrogen and oxygen atoms in total. The molecule has 1 atom stereocenters. The Labute approximate surface area is 144 Å². The Morgan fingerprint density at radius 3 is 2.57 bits per heavy atom. The van der Waals surface area contributed by atoms with E-state index in [4.69, 9.17) is 16.3 Å². The monoisotopic (exact) mass is 351 g/mol. The molecule has 0 radical (unpaired) electrons. The number of nitrogens with one attached hydrogen (secondary N) is 1. The number of benzene rings is 1. The first-order valence-corrected chi connectivity index (χ1v) is 8.49. The average molecular weight is 352 g/mol. The van der Waals surface area contributed by atoms with E-state index in [9.17, 15) is 9.59 Å². The van der Waals surface area contributed by atoms with Gasteiger partial charge < -0.3 is 10.1 Å². The van der Waals surface area contributed by atoms with E-state index in [0.717, 1.165) is 5.56 Å². The van der Waals surface area contributed by atoms with Crippen molar-refractivity contribution in [2.24, 2.45) is 5.92 Å². The molecule has 0 bridgehead atoms. The second-order valence-electron chi connectivity index (χ2n) is 5.37. The smallest absolute Gasteiger partial charge is 0.329 e. The van der Waals surface area contributed by atoms with Gasteiger partial charge in [-0.1, -0.05) is 49.7 Å². The Balaban J connectivity index is 1.98. The van der Waals surface area contributed by atoms with Crippen LogP contribution in [-0.2, 0) is 16.1 Å². The van der Waals surface area contributed by atoms with Gasteiger partial charge in [-0.3, -0.25) is 4.79 Å². The van der Waals surface area contributed by atoms with Crippen LogP contribution < -0.4 is 5.32 Å². The number of thiophene rings is 1. The van der Waals surface area contributed by atoms with Crippen LogP contribution in [-0.4, -0.2) is 17.9 Å². The van der Waals surface area contributed by atoms with Gasteiger partial charge in [0.15, 0.2) is 0 Å². The molecule has 0 spiro atoms. The van der Waals surface area contributed by atoms with E-state index >= 15 is 0 Å². The SMILES string of the molecule is CC(C)C(NC(=O)c1cccs1)C(=O)OCc1ccccc1Cl. The Morgan fingerprint density at radius 1 is 1.22 bits per heavy atom. The number of halogens is 1. The molecule has 23 heavy (non-hydrogen) atoms. The minimum atomic E-state index is -0.702. The van der Waals surface area contributed by atoms with Gasteiger partial charge in [-0.05, 0) is 23.4 Å². The van der Waals surface area contributed by atoms with Gasteiger partial charge in [0.25, 0.3) is 5.91 Å². The summed E-state index contributed by atoms with van der Waals surface area (Å²) < 4.78 is 5.32. The maximum absolute atomic E-state index is 12.3. The van der Waals surface area contributed by atoms with E-state index in [2.05, 4.69) is 5.32 Å². The van der Waals surface area contributed by atoms with Crippen molar-refractivity contribution in [2.75, 3.05) is 0 Å². The van der Waals surface area contributed by atoms with Crippen LogP contribution in [0.25, 0.3) is 0 Å². The van der Waals surface area contributed by atoms with Crippen molar-refractivity contribution >= 4 is 34.8 Å². The molecule has 2 aromatic rings. The third-order valence-electron chi connectivity index (χ3n) is 3.28. The normalized spacial score (nSPS) is 12.0. The van der Waals surface area contributed by atoms with Crippen LogP contribution in [0.4, 0.5) is 0 Å². The lowest BCUT2D eigenvalue weighted by Crippen LogP contribution is -2.45. The van der Waals surface area contributed by atoms with Crippen molar-refractivity contribution in [1.29, 1.82) is 0 Å². The summed E-state index contributed by atoms with van der Waals surface area (Å²) in [4.78, 5) is 25.0. The number of ether oxygens (including phenoxy) is 1. The zero-order chi connectivity index (χ0) is 16.8. The molecule has 1 heterocycles. The number of carbonyl (C=O) groups is 2. The highest BCUT2D eigenvalue weighted by atomic mass is 35.5. The molecular weight excluding hydrogens is 334 g/mol. The van der Waals surface area contributed by atoms with Crippen LogP contribution in [0.1, 0.15) is 29.1 Å². The summed E-state index contributed by atoms with van der Waals surface area (Å²) in [5.41, 5.74) is 0.731. The maximum atomic E-state index is 12.3. The van der Waals surface area contributed by atoms with Gasteiger partial charge in [0, 0.05) is 10.6 Å². The predicted molar refractivity (Wildman–Crippen MR) is 91.7 cm³/mol. The third kappa shape index (κ3) is 4.81. The number of hydrogen-bond acceptors (Lipinski definition) is 4. The maximum Gasteiger partial charge on any atom is 0.329 e. The molecule has 1 N–H and O–H groups in total. The van der Waals surface area contributed by atoms with Crippen molar-refractivity contribution in [3.8, 4) is 0 Å². The number of rotatable bonds is 6. The van der Waals surface area contributed by atoms with Crippen LogP contribution >= 0.6 is 22.9 Å². The third-order valence-corrected chi connectivity index (χ3v) is 4.52. The molecule has 0 saturated heterocycles. The summed E-state index contributed by atoms with van der Waals surface area (Å²) in [5.74, 6) is -0.823. The Bertz CT molecular complexity index is 670. The molecule has 0 fully saturated rings. The molecule has 122 valence electrons. The van der Waals surface area contributed by atoms with Gasteiger partial charge >= 0.3 is 5.97 Å². The molecular formula is C17H18ClNO3S. The first kappa shape index (κ1) is 17.5. The first-order chi connectivity index (χ1) is 11.0. The molecule has 0 aliphatic heterocycles. The second-order valence-corrected chi connectivity index (χ2v) is 6.73. The van der Waals surface area contributed by atoms with E-state index in [1.54, 1.807) is 24.3 Å². The molecule has 0 saturated carbocycles. The van der Waals surface area contributed by atoms with Gasteiger partial charge in [-0.15, -0.1) is 11.3 Å². The fourth-order valence-electron chi connectivity index (χ4n) is 1.97. The molecule has 6 heteroatoms. The predicted octanol–water partition coefficient (Wildman–Crippen LogP) is 3.90. The van der Waals surface area contributed by atoms with Crippen LogP contribution in [0.3, 0.4) is 0 Å². The highest BCUT2D eigenvalue weighted by molar-refractivity contribution is 7.12. The number of esters is 1. The van der Waals surface area contributed by atoms with Gasteiger partial charge in [0.05, 0.1) is 4.88 Å². The summed E-state index contributed by atoms with van der Waals surface area (Å²) in [6.45, 7) is 3.79. The fourth-order valence-corrected chi connectivity index (χ4v) is 2.79. The lowest BCUT2D eigenvalue weighted by Gasteiger charge is -2.20.